The standard InChI is InChI=1S/C10H12BrN5O3S2/c1-6(17)16(8-4-2-7(11)3-5-8)10(21(13,18)19)15-14-9(12)20-10/h2-5,15H,1H3,(H2,12,14)(H2,13,18,19). The molecule has 1 unspecified atom stereocenters. The Labute approximate surface area is 134 Å². The fourth-order valence-corrected chi connectivity index (χ4v) is 4.24. The number of hydrazone groups is 1. The van der Waals surface area contributed by atoms with E-state index in [-0.39, 0.29) is 5.17 Å². The number of hydrogen-bond acceptors (Lipinski definition) is 7. The van der Waals surface area contributed by atoms with Crippen LogP contribution in [0.25, 0.3) is 0 Å². The van der Waals surface area contributed by atoms with Crippen LogP contribution in [0, 0.1) is 0 Å². The number of nitrogens with one attached hydrogen (secondary N) is 1. The van der Waals surface area contributed by atoms with E-state index in [1.54, 1.807) is 24.3 Å². The maximum Gasteiger partial charge on any atom is 0.306 e. The van der Waals surface area contributed by atoms with Crippen LogP contribution in [0.4, 0.5) is 5.69 Å². The summed E-state index contributed by atoms with van der Waals surface area (Å²) >= 11 is 3.92. The number of sulfonamides is 1. The number of amides is 1. The minimum Gasteiger partial charge on any atom is -0.377 e. The molecule has 0 aliphatic carbocycles. The average Bonchev–Trinajstić information content (AvgIpc) is 2.74. The van der Waals surface area contributed by atoms with Crippen molar-refractivity contribution in [2.45, 2.75) is 11.3 Å². The Morgan fingerprint density at radius 3 is 2.38 bits per heavy atom. The zero-order valence-electron chi connectivity index (χ0n) is 10.8. The van der Waals surface area contributed by atoms with Crippen molar-refractivity contribution in [2.24, 2.45) is 16.0 Å². The number of nitrogens with zero attached hydrogens (tertiary/aromatic N) is 2. The van der Waals surface area contributed by atoms with Gasteiger partial charge in [-0.2, -0.15) is 5.10 Å². The van der Waals surface area contributed by atoms with Crippen LogP contribution in [0.5, 0.6) is 0 Å². The molecule has 0 spiro atoms. The zero-order chi connectivity index (χ0) is 15.8. The smallest absolute Gasteiger partial charge is 0.306 e. The molecule has 21 heavy (non-hydrogen) atoms. The van der Waals surface area contributed by atoms with Gasteiger partial charge in [0, 0.05) is 17.1 Å². The molecule has 8 nitrogen and oxygen atoms in total. The number of thioether (sulfide) groups is 1. The van der Waals surface area contributed by atoms with Gasteiger partial charge in [0.1, 0.15) is 0 Å². The van der Waals surface area contributed by atoms with E-state index in [1.165, 1.54) is 6.92 Å². The molecule has 1 aliphatic rings. The quantitative estimate of drug-likeness (QED) is 0.675. The number of primary sulfonamides is 1. The molecule has 0 aromatic heterocycles. The van der Waals surface area contributed by atoms with Gasteiger partial charge in [-0.15, -0.1) is 0 Å². The zero-order valence-corrected chi connectivity index (χ0v) is 14.0. The predicted molar refractivity (Wildman–Crippen MR) is 85.5 cm³/mol. The molecular weight excluding hydrogens is 382 g/mol. The summed E-state index contributed by atoms with van der Waals surface area (Å²) in [6.07, 6.45) is 0. The van der Waals surface area contributed by atoms with Gasteiger partial charge in [-0.3, -0.25) is 15.1 Å². The fraction of sp³-hybridized carbons (Fsp3) is 0.200. The molecule has 0 saturated carbocycles. The highest BCUT2D eigenvalue weighted by atomic mass is 79.9. The predicted octanol–water partition coefficient (Wildman–Crippen LogP) is 0.268. The molecule has 1 aliphatic heterocycles. The van der Waals surface area contributed by atoms with Crippen molar-refractivity contribution in [1.29, 1.82) is 0 Å². The van der Waals surface area contributed by atoms with Crippen LogP contribution >= 0.6 is 27.7 Å². The molecule has 1 amide bonds. The minimum atomic E-state index is -4.25. The molecule has 114 valence electrons. The molecular formula is C10H12BrN5O3S2. The molecule has 1 atom stereocenters. The third-order valence-corrected chi connectivity index (χ3v) is 6.00. The first-order valence-corrected chi connectivity index (χ1v) is 8.71. The van der Waals surface area contributed by atoms with E-state index in [1.807, 2.05) is 0 Å². The van der Waals surface area contributed by atoms with E-state index in [4.69, 9.17) is 10.9 Å². The minimum absolute atomic E-state index is 0.0348. The van der Waals surface area contributed by atoms with Gasteiger partial charge in [-0.05, 0) is 36.0 Å². The van der Waals surface area contributed by atoms with Gasteiger partial charge in [-0.1, -0.05) is 15.9 Å². The Kier molecular flexibility index (Phi) is 4.19. The maximum absolute atomic E-state index is 12.0. The first kappa shape index (κ1) is 16.1. The maximum atomic E-state index is 12.0. The summed E-state index contributed by atoms with van der Waals surface area (Å²) in [4.78, 5) is 13.0. The summed E-state index contributed by atoms with van der Waals surface area (Å²) in [5, 5.41) is 8.91. The number of hydrogen-bond donors (Lipinski definition) is 3. The molecule has 1 heterocycles. The molecule has 0 fully saturated rings. The molecule has 2 rings (SSSR count). The summed E-state index contributed by atoms with van der Waals surface area (Å²) in [5.74, 6) is -0.531. The first-order chi connectivity index (χ1) is 9.67. The largest absolute Gasteiger partial charge is 0.377 e. The van der Waals surface area contributed by atoms with Crippen molar-refractivity contribution in [1.82, 2.24) is 5.43 Å². The summed E-state index contributed by atoms with van der Waals surface area (Å²) in [6, 6.07) is 6.50. The molecule has 11 heteroatoms. The Morgan fingerprint density at radius 1 is 1.43 bits per heavy atom. The lowest BCUT2D eigenvalue weighted by Crippen LogP contribution is -2.62. The van der Waals surface area contributed by atoms with E-state index in [9.17, 15) is 13.2 Å². The van der Waals surface area contributed by atoms with Gasteiger partial charge in [-0.25, -0.2) is 13.6 Å². The Bertz CT molecular complexity index is 706. The van der Waals surface area contributed by atoms with Gasteiger partial charge < -0.3 is 5.73 Å². The van der Waals surface area contributed by atoms with Crippen LogP contribution in [0.15, 0.2) is 33.8 Å². The molecule has 0 saturated heterocycles. The van der Waals surface area contributed by atoms with Crippen LogP contribution in [0.2, 0.25) is 0 Å². The monoisotopic (exact) mass is 393 g/mol. The topological polar surface area (TPSA) is 131 Å². The van der Waals surface area contributed by atoms with Crippen LogP contribution in [0.3, 0.4) is 0 Å². The van der Waals surface area contributed by atoms with E-state index >= 15 is 0 Å². The van der Waals surface area contributed by atoms with Crippen molar-refractivity contribution < 1.29 is 13.2 Å². The number of benzene rings is 1. The van der Waals surface area contributed by atoms with Crippen LogP contribution in [0.1, 0.15) is 6.92 Å². The van der Waals surface area contributed by atoms with Gasteiger partial charge in [0.05, 0.1) is 0 Å². The summed E-state index contributed by atoms with van der Waals surface area (Å²) in [6.45, 7) is 1.23. The second kappa shape index (κ2) is 5.48. The highest BCUT2D eigenvalue weighted by Crippen LogP contribution is 2.38. The summed E-state index contributed by atoms with van der Waals surface area (Å²) in [7, 11) is -4.25. The van der Waals surface area contributed by atoms with Crippen molar-refractivity contribution in [3.8, 4) is 0 Å². The van der Waals surface area contributed by atoms with E-state index in [0.29, 0.717) is 17.4 Å². The lowest BCUT2D eigenvalue weighted by atomic mass is 10.3. The molecule has 0 bridgehead atoms. The van der Waals surface area contributed by atoms with E-state index < -0.39 is 20.3 Å². The van der Waals surface area contributed by atoms with Gasteiger partial charge in [0.25, 0.3) is 10.0 Å². The summed E-state index contributed by atoms with van der Waals surface area (Å²) < 4.78 is 22.9. The Morgan fingerprint density at radius 2 is 2.00 bits per heavy atom. The number of carbonyl (C=O) groups is 1. The van der Waals surface area contributed by atoms with Gasteiger partial charge in [0.2, 0.25) is 5.91 Å². The number of nitrogens with two attached hydrogens (primary N) is 2. The van der Waals surface area contributed by atoms with Crippen molar-refractivity contribution >= 4 is 54.5 Å². The molecule has 5 N–H and O–H groups in total. The number of anilines is 1. The average molecular weight is 394 g/mol. The number of halogens is 1. The van der Waals surface area contributed by atoms with Crippen LogP contribution < -0.4 is 21.2 Å². The Balaban J connectivity index is 2.59. The van der Waals surface area contributed by atoms with Gasteiger partial charge in [0.15, 0.2) is 5.17 Å². The highest BCUT2D eigenvalue weighted by Gasteiger charge is 2.54. The number of rotatable bonds is 3. The molecule has 1 aromatic rings. The first-order valence-electron chi connectivity index (χ1n) is 5.55. The lowest BCUT2D eigenvalue weighted by molar-refractivity contribution is -0.117. The highest BCUT2D eigenvalue weighted by molar-refractivity contribution is 9.10. The molecule has 0 radical (unpaired) electrons. The second-order valence-electron chi connectivity index (χ2n) is 4.12. The number of carbonyl (C=O) groups excluding carboxylic acids is 1. The van der Waals surface area contributed by atoms with Crippen molar-refractivity contribution in [2.75, 3.05) is 4.90 Å². The van der Waals surface area contributed by atoms with E-state index in [2.05, 4.69) is 26.5 Å². The van der Waals surface area contributed by atoms with E-state index in [0.717, 1.165) is 9.37 Å². The Hall–Kier alpha value is -1.30. The second-order valence-corrected chi connectivity index (χ2v) is 8.19. The third kappa shape index (κ3) is 2.86. The third-order valence-electron chi connectivity index (χ3n) is 2.63. The SMILES string of the molecule is CC(=O)N(c1ccc(Br)cc1)C1(S(N)(=O)=O)NN=C(N)S1. The van der Waals surface area contributed by atoms with Crippen molar-refractivity contribution in [3.05, 3.63) is 28.7 Å². The fourth-order valence-electron chi connectivity index (χ4n) is 1.81. The molecule has 1 aromatic carbocycles. The van der Waals surface area contributed by atoms with Crippen LogP contribution in [-0.4, -0.2) is 23.8 Å². The van der Waals surface area contributed by atoms with Crippen molar-refractivity contribution in [3.63, 3.8) is 0 Å². The van der Waals surface area contributed by atoms with Gasteiger partial charge >= 0.3 is 4.33 Å². The van der Waals surface area contributed by atoms with Crippen LogP contribution in [-0.2, 0) is 14.8 Å². The number of amidine groups is 1. The summed E-state index contributed by atoms with van der Waals surface area (Å²) in [5.41, 5.74) is 8.23. The normalized spacial score (nSPS) is 21.6. The lowest BCUT2D eigenvalue weighted by Gasteiger charge is -2.36.